The first kappa shape index (κ1) is 10.3. The lowest BCUT2D eigenvalue weighted by Gasteiger charge is -2.05. The third-order valence-corrected chi connectivity index (χ3v) is 3.70. The minimum absolute atomic E-state index is 0.0377. The smallest absolute Gasteiger partial charge is 0.194 e. The van der Waals surface area contributed by atoms with Crippen molar-refractivity contribution in [2.45, 2.75) is 0 Å². The van der Waals surface area contributed by atoms with Gasteiger partial charge in [0, 0.05) is 16.5 Å². The maximum absolute atomic E-state index is 12.4. The molecule has 90 valence electrons. The number of carbonyl (C=O) groups is 1. The molecule has 1 aliphatic carbocycles. The van der Waals surface area contributed by atoms with Gasteiger partial charge >= 0.3 is 0 Å². The number of carbonyl (C=O) groups excluding carboxylic acids is 1. The molecule has 0 aliphatic heterocycles. The van der Waals surface area contributed by atoms with Crippen LogP contribution in [0.3, 0.4) is 0 Å². The van der Waals surface area contributed by atoms with Crippen LogP contribution in [0.5, 0.6) is 5.75 Å². The van der Waals surface area contributed by atoms with E-state index in [1.807, 2.05) is 42.5 Å². The van der Waals surface area contributed by atoms with Crippen molar-refractivity contribution in [3.63, 3.8) is 0 Å². The van der Waals surface area contributed by atoms with Crippen molar-refractivity contribution in [1.29, 1.82) is 0 Å². The molecule has 0 fully saturated rings. The molecule has 3 aromatic rings. The molecule has 0 unspecified atom stereocenters. The third kappa shape index (κ3) is 1.28. The topological polar surface area (TPSA) is 37.3 Å². The quantitative estimate of drug-likeness (QED) is 0.513. The van der Waals surface area contributed by atoms with Crippen molar-refractivity contribution < 1.29 is 9.90 Å². The van der Waals surface area contributed by atoms with Gasteiger partial charge in [-0.3, -0.25) is 4.79 Å². The van der Waals surface area contributed by atoms with Gasteiger partial charge in [0.15, 0.2) is 5.78 Å². The highest BCUT2D eigenvalue weighted by Crippen LogP contribution is 2.40. The zero-order valence-corrected chi connectivity index (χ0v) is 10.1. The summed E-state index contributed by atoms with van der Waals surface area (Å²) in [6.07, 6.45) is 0. The lowest BCUT2D eigenvalue weighted by atomic mass is 10.00. The number of rotatable bonds is 0. The maximum Gasteiger partial charge on any atom is 0.194 e. The van der Waals surface area contributed by atoms with Gasteiger partial charge in [-0.25, -0.2) is 0 Å². The first-order chi connectivity index (χ1) is 9.25. The summed E-state index contributed by atoms with van der Waals surface area (Å²) in [6, 6.07) is 16.8. The van der Waals surface area contributed by atoms with Gasteiger partial charge in [0.05, 0.1) is 0 Å². The molecule has 3 aromatic carbocycles. The summed E-state index contributed by atoms with van der Waals surface area (Å²) in [5, 5.41) is 11.6. The van der Waals surface area contributed by atoms with Crippen molar-refractivity contribution in [1.82, 2.24) is 0 Å². The second-order valence-electron chi connectivity index (χ2n) is 4.77. The monoisotopic (exact) mass is 246 g/mol. The van der Waals surface area contributed by atoms with Crippen LogP contribution in [0.4, 0.5) is 0 Å². The van der Waals surface area contributed by atoms with Crippen LogP contribution >= 0.6 is 0 Å². The van der Waals surface area contributed by atoms with E-state index in [2.05, 4.69) is 0 Å². The Morgan fingerprint density at radius 3 is 2.37 bits per heavy atom. The average molecular weight is 246 g/mol. The average Bonchev–Trinajstić information content (AvgIpc) is 2.72. The molecule has 2 nitrogen and oxygen atoms in total. The van der Waals surface area contributed by atoms with E-state index in [1.54, 1.807) is 12.1 Å². The largest absolute Gasteiger partial charge is 0.507 e. The molecule has 4 rings (SSSR count). The van der Waals surface area contributed by atoms with Gasteiger partial charge in [-0.1, -0.05) is 36.4 Å². The molecule has 0 saturated carbocycles. The van der Waals surface area contributed by atoms with E-state index in [-0.39, 0.29) is 11.5 Å². The molecule has 0 spiro atoms. The summed E-state index contributed by atoms with van der Waals surface area (Å²) in [6.45, 7) is 0. The first-order valence-electron chi connectivity index (χ1n) is 6.15. The molecular formula is C17H10O2. The lowest BCUT2D eigenvalue weighted by molar-refractivity contribution is 0.104. The van der Waals surface area contributed by atoms with E-state index in [1.165, 1.54) is 0 Å². The van der Waals surface area contributed by atoms with Crippen molar-refractivity contribution in [2.24, 2.45) is 0 Å². The number of phenolic OH excluding ortho intramolecular Hbond substituents is 1. The van der Waals surface area contributed by atoms with Crippen LogP contribution in [-0.4, -0.2) is 10.9 Å². The molecule has 0 heterocycles. The number of ketones is 1. The Morgan fingerprint density at radius 1 is 0.737 bits per heavy atom. The number of hydrogen-bond donors (Lipinski definition) is 1. The van der Waals surface area contributed by atoms with E-state index in [0.29, 0.717) is 5.56 Å². The van der Waals surface area contributed by atoms with E-state index < -0.39 is 0 Å². The van der Waals surface area contributed by atoms with Crippen molar-refractivity contribution in [2.75, 3.05) is 0 Å². The molecule has 0 bridgehead atoms. The number of fused-ring (bicyclic) bond motifs is 4. The molecule has 19 heavy (non-hydrogen) atoms. The Labute approximate surface area is 109 Å². The Kier molecular flexibility index (Phi) is 1.88. The molecule has 0 radical (unpaired) electrons. The summed E-state index contributed by atoms with van der Waals surface area (Å²) in [5.41, 5.74) is 3.36. The van der Waals surface area contributed by atoms with E-state index >= 15 is 0 Å². The molecule has 1 aliphatic rings. The second kappa shape index (κ2) is 3.45. The zero-order chi connectivity index (χ0) is 13.0. The highest BCUT2D eigenvalue weighted by Gasteiger charge is 2.26. The zero-order valence-electron chi connectivity index (χ0n) is 10.1. The summed E-state index contributed by atoms with van der Waals surface area (Å²) < 4.78 is 0. The van der Waals surface area contributed by atoms with Crippen LogP contribution < -0.4 is 0 Å². The lowest BCUT2D eigenvalue weighted by Crippen LogP contribution is -1.94. The van der Waals surface area contributed by atoms with Crippen LogP contribution in [0.1, 0.15) is 15.9 Å². The van der Waals surface area contributed by atoms with Crippen LogP contribution in [0, 0.1) is 0 Å². The van der Waals surface area contributed by atoms with Crippen molar-refractivity contribution >= 4 is 16.6 Å². The minimum atomic E-state index is 0.0377. The van der Waals surface area contributed by atoms with Crippen LogP contribution in [0.25, 0.3) is 21.9 Å². The fraction of sp³-hybridized carbons (Fsp3) is 0. The van der Waals surface area contributed by atoms with E-state index in [4.69, 9.17) is 0 Å². The predicted octanol–water partition coefficient (Wildman–Crippen LogP) is 3.76. The number of aromatic hydroxyl groups is 1. The number of phenols is 1. The fourth-order valence-electron chi connectivity index (χ4n) is 2.78. The summed E-state index contributed by atoms with van der Waals surface area (Å²) in [7, 11) is 0. The van der Waals surface area contributed by atoms with Gasteiger partial charge in [-0.05, 0) is 34.7 Å². The molecule has 1 N–H and O–H groups in total. The van der Waals surface area contributed by atoms with Crippen LogP contribution in [0.2, 0.25) is 0 Å². The standard InChI is InChI=1S/C17H10O2/c18-16-7-3-4-10-8-14-11-5-1-2-6-12(11)17(19)15(14)9-13(10)16/h1-9,18H. The first-order valence-corrected chi connectivity index (χ1v) is 6.15. The van der Waals surface area contributed by atoms with Crippen LogP contribution in [-0.2, 0) is 0 Å². The normalized spacial score (nSPS) is 12.5. The van der Waals surface area contributed by atoms with Gasteiger partial charge in [0.2, 0.25) is 0 Å². The molecule has 0 aromatic heterocycles. The van der Waals surface area contributed by atoms with Gasteiger partial charge in [0.1, 0.15) is 5.75 Å². The molecule has 0 atom stereocenters. The summed E-state index contributed by atoms with van der Waals surface area (Å²) in [5.74, 6) is 0.250. The molecule has 2 heteroatoms. The Bertz CT molecular complexity index is 847. The highest BCUT2D eigenvalue weighted by atomic mass is 16.3. The SMILES string of the molecule is O=C1c2ccccc2-c2cc3cccc(O)c3cc21. The van der Waals surface area contributed by atoms with E-state index in [0.717, 1.165) is 27.5 Å². The van der Waals surface area contributed by atoms with Crippen molar-refractivity contribution in [3.05, 3.63) is 65.7 Å². The van der Waals surface area contributed by atoms with Gasteiger partial charge in [-0.15, -0.1) is 0 Å². The van der Waals surface area contributed by atoms with Gasteiger partial charge < -0.3 is 5.11 Å². The Morgan fingerprint density at radius 2 is 1.53 bits per heavy atom. The molecule has 0 amide bonds. The van der Waals surface area contributed by atoms with Crippen molar-refractivity contribution in [3.8, 4) is 16.9 Å². The van der Waals surface area contributed by atoms with E-state index in [9.17, 15) is 9.90 Å². The fourth-order valence-corrected chi connectivity index (χ4v) is 2.78. The van der Waals surface area contributed by atoms with Crippen LogP contribution in [0.15, 0.2) is 54.6 Å². The maximum atomic E-state index is 12.4. The Balaban J connectivity index is 2.14. The minimum Gasteiger partial charge on any atom is -0.507 e. The summed E-state index contributed by atoms with van der Waals surface area (Å²) >= 11 is 0. The molecular weight excluding hydrogens is 236 g/mol. The Hall–Kier alpha value is -2.61. The molecule has 0 saturated heterocycles. The number of benzene rings is 3. The highest BCUT2D eigenvalue weighted by molar-refractivity contribution is 6.23. The summed E-state index contributed by atoms with van der Waals surface area (Å²) in [4.78, 5) is 12.4. The third-order valence-electron chi connectivity index (χ3n) is 3.70. The second-order valence-corrected chi connectivity index (χ2v) is 4.77. The van der Waals surface area contributed by atoms with Gasteiger partial charge in [-0.2, -0.15) is 0 Å². The van der Waals surface area contributed by atoms with Gasteiger partial charge in [0.25, 0.3) is 0 Å². The predicted molar refractivity (Wildman–Crippen MR) is 74.5 cm³/mol. The number of hydrogen-bond acceptors (Lipinski definition) is 2.